The van der Waals surface area contributed by atoms with Gasteiger partial charge in [0.05, 0.1) is 10.0 Å². The Kier molecular flexibility index (Phi) is 9.17. The molecule has 0 unspecified atom stereocenters. The Morgan fingerprint density at radius 2 is 2.12 bits per heavy atom. The second-order valence-corrected chi connectivity index (χ2v) is 7.75. The molecule has 1 aliphatic heterocycles. The first kappa shape index (κ1) is 21.5. The molecule has 0 aromatic carbocycles. The number of nitrogens with zero attached hydrogens (tertiary/aromatic N) is 4. The van der Waals surface area contributed by atoms with E-state index in [1.54, 1.807) is 17.6 Å². The number of nitrogens with one attached hydrogen (secondary N) is 1. The Morgan fingerprint density at radius 3 is 2.73 bits per heavy atom. The fourth-order valence-electron chi connectivity index (χ4n) is 2.85. The molecule has 0 bridgehead atoms. The van der Waals surface area contributed by atoms with Gasteiger partial charge >= 0.3 is 0 Å². The molecule has 1 saturated heterocycles. The van der Waals surface area contributed by atoms with Crippen LogP contribution >= 0.6 is 46.9 Å². The van der Waals surface area contributed by atoms with E-state index in [9.17, 15) is 0 Å². The molecule has 0 atom stereocenters. The van der Waals surface area contributed by atoms with E-state index in [0.717, 1.165) is 68.2 Å². The summed E-state index contributed by atoms with van der Waals surface area (Å²) >= 11 is 7.62. The summed E-state index contributed by atoms with van der Waals surface area (Å²) in [7, 11) is 0. The lowest BCUT2D eigenvalue weighted by atomic mass is 10.3. The summed E-state index contributed by atoms with van der Waals surface area (Å²) < 4.78 is 5.75. The third-order valence-electron chi connectivity index (χ3n) is 4.13. The minimum atomic E-state index is 0. The highest BCUT2D eigenvalue weighted by molar-refractivity contribution is 14.0. The van der Waals surface area contributed by atoms with Gasteiger partial charge in [-0.3, -0.25) is 9.89 Å². The van der Waals surface area contributed by atoms with Crippen LogP contribution < -0.4 is 5.32 Å². The number of thiophene rings is 1. The molecular formula is C17H25ClIN5OS. The first-order chi connectivity index (χ1) is 12.2. The van der Waals surface area contributed by atoms with E-state index < -0.39 is 0 Å². The molecule has 2 aromatic heterocycles. The molecule has 0 amide bonds. The normalized spacial score (nSPS) is 15.8. The SMILES string of the molecule is CCNC(=NCCc1ccc(Cl)s1)N1CCN(Cc2ccon2)CC1.I. The van der Waals surface area contributed by atoms with Crippen LogP contribution in [-0.4, -0.2) is 60.2 Å². The standard InChI is InChI=1S/C17H24ClN5OS.HI/c1-2-19-17(20-7-5-15-3-4-16(18)25-15)23-10-8-22(9-11-23)13-14-6-12-24-21-14;/h3-4,6,12H,2,5,7-11,13H2,1H3,(H,19,20);1H. The lowest BCUT2D eigenvalue weighted by Gasteiger charge is -2.36. The molecule has 0 aliphatic carbocycles. The first-order valence-corrected chi connectivity index (χ1v) is 9.83. The van der Waals surface area contributed by atoms with Crippen molar-refractivity contribution in [1.29, 1.82) is 0 Å². The van der Waals surface area contributed by atoms with Crippen LogP contribution in [0.2, 0.25) is 4.34 Å². The minimum absolute atomic E-state index is 0. The minimum Gasteiger partial charge on any atom is -0.364 e. The Morgan fingerprint density at radius 1 is 1.31 bits per heavy atom. The lowest BCUT2D eigenvalue weighted by Crippen LogP contribution is -2.52. The largest absolute Gasteiger partial charge is 0.364 e. The van der Waals surface area contributed by atoms with Crippen molar-refractivity contribution < 1.29 is 4.52 Å². The van der Waals surface area contributed by atoms with Gasteiger partial charge in [0.2, 0.25) is 0 Å². The molecule has 1 N–H and O–H groups in total. The van der Waals surface area contributed by atoms with Crippen molar-refractivity contribution in [3.8, 4) is 0 Å². The fraction of sp³-hybridized carbons (Fsp3) is 0.529. The maximum absolute atomic E-state index is 5.98. The highest BCUT2D eigenvalue weighted by atomic mass is 127. The van der Waals surface area contributed by atoms with Crippen molar-refractivity contribution in [3.05, 3.63) is 39.4 Å². The van der Waals surface area contributed by atoms with E-state index in [4.69, 9.17) is 21.1 Å². The molecular weight excluding hydrogens is 485 g/mol. The molecule has 3 heterocycles. The second kappa shape index (κ2) is 11.1. The molecule has 0 radical (unpaired) electrons. The second-order valence-electron chi connectivity index (χ2n) is 5.95. The average molecular weight is 510 g/mol. The van der Waals surface area contributed by atoms with Crippen LogP contribution in [0.1, 0.15) is 17.5 Å². The summed E-state index contributed by atoms with van der Waals surface area (Å²) in [5, 5.41) is 7.40. The fourth-order valence-corrected chi connectivity index (χ4v) is 3.93. The third kappa shape index (κ3) is 6.40. The molecule has 2 aromatic rings. The molecule has 6 nitrogen and oxygen atoms in total. The molecule has 1 aliphatic rings. The lowest BCUT2D eigenvalue weighted by molar-refractivity contribution is 0.169. The Labute approximate surface area is 180 Å². The molecule has 0 spiro atoms. The highest BCUT2D eigenvalue weighted by Gasteiger charge is 2.20. The van der Waals surface area contributed by atoms with E-state index in [1.165, 1.54) is 4.88 Å². The first-order valence-electron chi connectivity index (χ1n) is 8.63. The van der Waals surface area contributed by atoms with Crippen LogP contribution in [0.5, 0.6) is 0 Å². The molecule has 144 valence electrons. The maximum Gasteiger partial charge on any atom is 0.194 e. The van der Waals surface area contributed by atoms with Gasteiger partial charge < -0.3 is 14.7 Å². The number of hydrogen-bond donors (Lipinski definition) is 1. The van der Waals surface area contributed by atoms with Gasteiger partial charge in [-0.15, -0.1) is 35.3 Å². The van der Waals surface area contributed by atoms with E-state index >= 15 is 0 Å². The summed E-state index contributed by atoms with van der Waals surface area (Å²) in [5.74, 6) is 1.01. The van der Waals surface area contributed by atoms with Gasteiger partial charge in [-0.25, -0.2) is 0 Å². The van der Waals surface area contributed by atoms with Crippen molar-refractivity contribution in [3.63, 3.8) is 0 Å². The molecule has 3 rings (SSSR count). The molecule has 1 fully saturated rings. The van der Waals surface area contributed by atoms with Gasteiger partial charge in [0, 0.05) is 63.2 Å². The summed E-state index contributed by atoms with van der Waals surface area (Å²) in [6.45, 7) is 8.53. The summed E-state index contributed by atoms with van der Waals surface area (Å²) in [6, 6.07) is 5.96. The quantitative estimate of drug-likeness (QED) is 0.368. The zero-order valence-electron chi connectivity index (χ0n) is 14.9. The van der Waals surface area contributed by atoms with Crippen molar-refractivity contribution in [2.75, 3.05) is 39.3 Å². The number of piperazine rings is 1. The van der Waals surface area contributed by atoms with Crippen LogP contribution in [0.15, 0.2) is 34.0 Å². The smallest absolute Gasteiger partial charge is 0.194 e. The number of hydrogen-bond acceptors (Lipinski definition) is 5. The Bertz CT molecular complexity index is 671. The predicted molar refractivity (Wildman–Crippen MR) is 118 cm³/mol. The molecule has 0 saturated carbocycles. The van der Waals surface area contributed by atoms with Crippen LogP contribution in [0.4, 0.5) is 0 Å². The predicted octanol–water partition coefficient (Wildman–Crippen LogP) is 3.33. The van der Waals surface area contributed by atoms with Gasteiger partial charge in [-0.2, -0.15) is 0 Å². The Balaban J connectivity index is 0.00000243. The molecule has 26 heavy (non-hydrogen) atoms. The van der Waals surface area contributed by atoms with Gasteiger partial charge in [-0.05, 0) is 19.1 Å². The van der Waals surface area contributed by atoms with E-state index in [0.29, 0.717) is 0 Å². The number of halogens is 2. The highest BCUT2D eigenvalue weighted by Crippen LogP contribution is 2.21. The third-order valence-corrected chi connectivity index (χ3v) is 5.42. The summed E-state index contributed by atoms with van der Waals surface area (Å²) in [6.07, 6.45) is 2.56. The van der Waals surface area contributed by atoms with Gasteiger partial charge in [-0.1, -0.05) is 16.8 Å². The van der Waals surface area contributed by atoms with Crippen LogP contribution in [0, 0.1) is 0 Å². The van der Waals surface area contributed by atoms with Crippen molar-refractivity contribution in [2.24, 2.45) is 4.99 Å². The monoisotopic (exact) mass is 509 g/mol. The van der Waals surface area contributed by atoms with Crippen LogP contribution in [0.25, 0.3) is 0 Å². The number of rotatable bonds is 6. The van der Waals surface area contributed by atoms with E-state index in [2.05, 4.69) is 33.3 Å². The Hall–Kier alpha value is -0.840. The number of aromatic nitrogens is 1. The zero-order chi connectivity index (χ0) is 17.5. The van der Waals surface area contributed by atoms with Crippen molar-refractivity contribution in [2.45, 2.75) is 19.9 Å². The number of aliphatic imine (C=N–C) groups is 1. The van der Waals surface area contributed by atoms with Gasteiger partial charge in [0.15, 0.2) is 5.96 Å². The topological polar surface area (TPSA) is 56.9 Å². The average Bonchev–Trinajstić information content (AvgIpc) is 3.27. The zero-order valence-corrected chi connectivity index (χ0v) is 18.8. The van der Waals surface area contributed by atoms with E-state index in [1.807, 2.05) is 12.1 Å². The maximum atomic E-state index is 5.98. The van der Waals surface area contributed by atoms with Gasteiger partial charge in [0.25, 0.3) is 0 Å². The van der Waals surface area contributed by atoms with Crippen molar-refractivity contribution in [1.82, 2.24) is 20.3 Å². The van der Waals surface area contributed by atoms with Crippen LogP contribution in [-0.2, 0) is 13.0 Å². The van der Waals surface area contributed by atoms with E-state index in [-0.39, 0.29) is 24.0 Å². The number of guanidine groups is 1. The van der Waals surface area contributed by atoms with Crippen LogP contribution in [0.3, 0.4) is 0 Å². The summed E-state index contributed by atoms with van der Waals surface area (Å²) in [5.41, 5.74) is 0.989. The summed E-state index contributed by atoms with van der Waals surface area (Å²) in [4.78, 5) is 10.8. The van der Waals surface area contributed by atoms with Crippen molar-refractivity contribution >= 4 is 52.9 Å². The molecule has 9 heteroatoms. The van der Waals surface area contributed by atoms with Gasteiger partial charge in [0.1, 0.15) is 6.26 Å².